The zero-order chi connectivity index (χ0) is 20.9. The van der Waals surface area contributed by atoms with Crippen LogP contribution in [0.25, 0.3) is 0 Å². The summed E-state index contributed by atoms with van der Waals surface area (Å²) in [6, 6.07) is 13.3. The van der Waals surface area contributed by atoms with Crippen molar-refractivity contribution in [3.05, 3.63) is 54.1 Å². The van der Waals surface area contributed by atoms with E-state index in [2.05, 4.69) is 19.2 Å². The number of benzene rings is 2. The molecule has 1 amide bonds. The minimum Gasteiger partial charge on any atom is -0.497 e. The zero-order valence-electron chi connectivity index (χ0n) is 17.0. The van der Waals surface area contributed by atoms with Crippen LogP contribution < -0.4 is 14.4 Å². The van der Waals surface area contributed by atoms with Crippen molar-refractivity contribution in [2.45, 2.75) is 39.2 Å². The number of nitrogens with zero attached hydrogens (tertiary/aromatic N) is 1. The van der Waals surface area contributed by atoms with Gasteiger partial charge in [-0.2, -0.15) is 0 Å². The molecule has 7 heteroatoms. The molecule has 152 valence electrons. The fourth-order valence-electron chi connectivity index (χ4n) is 2.97. The van der Waals surface area contributed by atoms with Crippen molar-refractivity contribution < 1.29 is 17.9 Å². The summed E-state index contributed by atoms with van der Waals surface area (Å²) in [7, 11) is -2.13. The van der Waals surface area contributed by atoms with Gasteiger partial charge in [0, 0.05) is 5.69 Å². The standard InChI is InChI=1S/C21H28N2O4S/c1-6-20(21(24)22-17-9-7-16(8-10-17)15(2)3)23(28(5,25)26)18-11-13-19(27-4)14-12-18/h7-15,20H,6H2,1-5H3,(H,22,24)/t20-/m0/s1. The summed E-state index contributed by atoms with van der Waals surface area (Å²) < 4.78 is 31.2. The lowest BCUT2D eigenvalue weighted by Gasteiger charge is -2.30. The van der Waals surface area contributed by atoms with Gasteiger partial charge in [0.15, 0.2) is 0 Å². The van der Waals surface area contributed by atoms with Crippen molar-refractivity contribution >= 4 is 27.3 Å². The van der Waals surface area contributed by atoms with Crippen LogP contribution >= 0.6 is 0 Å². The van der Waals surface area contributed by atoms with E-state index in [9.17, 15) is 13.2 Å². The summed E-state index contributed by atoms with van der Waals surface area (Å²) >= 11 is 0. The highest BCUT2D eigenvalue weighted by molar-refractivity contribution is 7.92. The molecule has 28 heavy (non-hydrogen) atoms. The number of sulfonamides is 1. The van der Waals surface area contributed by atoms with Crippen LogP contribution in [0.2, 0.25) is 0 Å². The van der Waals surface area contributed by atoms with Crippen molar-refractivity contribution in [2.24, 2.45) is 0 Å². The Morgan fingerprint density at radius 3 is 2.07 bits per heavy atom. The Morgan fingerprint density at radius 2 is 1.64 bits per heavy atom. The number of methoxy groups -OCH3 is 1. The molecule has 0 unspecified atom stereocenters. The maximum atomic E-state index is 12.9. The highest BCUT2D eigenvalue weighted by Gasteiger charge is 2.31. The molecule has 0 saturated heterocycles. The first-order valence-corrected chi connectivity index (χ1v) is 11.1. The molecule has 0 saturated carbocycles. The molecule has 0 aliphatic heterocycles. The Balaban J connectivity index is 2.30. The molecule has 6 nitrogen and oxygen atoms in total. The van der Waals surface area contributed by atoms with Crippen LogP contribution in [0.15, 0.2) is 48.5 Å². The number of anilines is 2. The number of carbonyl (C=O) groups excluding carboxylic acids is 1. The molecule has 0 radical (unpaired) electrons. The quantitative estimate of drug-likeness (QED) is 0.721. The van der Waals surface area contributed by atoms with Crippen LogP contribution in [0.3, 0.4) is 0 Å². The number of hydrogen-bond acceptors (Lipinski definition) is 4. The molecule has 2 rings (SSSR count). The van der Waals surface area contributed by atoms with E-state index in [1.165, 1.54) is 12.7 Å². The summed E-state index contributed by atoms with van der Waals surface area (Å²) in [5.41, 5.74) is 2.22. The first kappa shape index (κ1) is 21.8. The van der Waals surface area contributed by atoms with Gasteiger partial charge in [-0.3, -0.25) is 9.10 Å². The van der Waals surface area contributed by atoms with Crippen molar-refractivity contribution in [1.29, 1.82) is 0 Å². The maximum Gasteiger partial charge on any atom is 0.248 e. The molecule has 0 heterocycles. The smallest absolute Gasteiger partial charge is 0.248 e. The predicted octanol–water partition coefficient (Wildman–Crippen LogP) is 4.00. The first-order valence-electron chi connectivity index (χ1n) is 9.21. The second kappa shape index (κ2) is 9.10. The van der Waals surface area contributed by atoms with E-state index in [0.717, 1.165) is 10.6 Å². The minimum atomic E-state index is -3.67. The van der Waals surface area contributed by atoms with Crippen LogP contribution in [0, 0.1) is 0 Å². The molecule has 2 aromatic rings. The van der Waals surface area contributed by atoms with E-state index in [1.54, 1.807) is 31.2 Å². The Hall–Kier alpha value is -2.54. The first-order chi connectivity index (χ1) is 13.2. The van der Waals surface area contributed by atoms with Gasteiger partial charge in [-0.1, -0.05) is 32.9 Å². The lowest BCUT2D eigenvalue weighted by atomic mass is 10.0. The summed E-state index contributed by atoms with van der Waals surface area (Å²) in [5.74, 6) is 0.630. The Kier molecular flexibility index (Phi) is 7.07. The van der Waals surface area contributed by atoms with Crippen LogP contribution in [0.4, 0.5) is 11.4 Å². The van der Waals surface area contributed by atoms with E-state index in [4.69, 9.17) is 4.74 Å². The van der Waals surface area contributed by atoms with E-state index in [-0.39, 0.29) is 5.91 Å². The number of ether oxygens (including phenoxy) is 1. The van der Waals surface area contributed by atoms with E-state index in [1.807, 2.05) is 24.3 Å². The normalized spacial score (nSPS) is 12.5. The molecule has 0 aromatic heterocycles. The van der Waals surface area contributed by atoms with Gasteiger partial charge in [-0.15, -0.1) is 0 Å². The zero-order valence-corrected chi connectivity index (χ0v) is 17.8. The molecular formula is C21H28N2O4S. The second-order valence-electron chi connectivity index (χ2n) is 6.95. The lowest BCUT2D eigenvalue weighted by Crippen LogP contribution is -2.46. The van der Waals surface area contributed by atoms with Crippen molar-refractivity contribution in [2.75, 3.05) is 23.0 Å². The molecule has 1 N–H and O–H groups in total. The third-order valence-electron chi connectivity index (χ3n) is 4.50. The summed E-state index contributed by atoms with van der Waals surface area (Å²) in [4.78, 5) is 12.9. The molecule has 0 fully saturated rings. The highest BCUT2D eigenvalue weighted by atomic mass is 32.2. The third-order valence-corrected chi connectivity index (χ3v) is 5.68. The average molecular weight is 405 g/mol. The van der Waals surface area contributed by atoms with Gasteiger partial charge in [-0.05, 0) is 54.3 Å². The topological polar surface area (TPSA) is 75.7 Å². The van der Waals surface area contributed by atoms with Crippen LogP contribution in [-0.2, 0) is 14.8 Å². The van der Waals surface area contributed by atoms with E-state index < -0.39 is 16.1 Å². The Bertz CT molecular complexity index is 891. The third kappa shape index (κ3) is 5.25. The second-order valence-corrected chi connectivity index (χ2v) is 8.81. The number of rotatable bonds is 8. The largest absolute Gasteiger partial charge is 0.497 e. The summed E-state index contributed by atoms with van der Waals surface area (Å²) in [5, 5.41) is 2.83. The number of hydrogen-bond donors (Lipinski definition) is 1. The monoisotopic (exact) mass is 404 g/mol. The lowest BCUT2D eigenvalue weighted by molar-refractivity contribution is -0.117. The van der Waals surface area contributed by atoms with Crippen LogP contribution in [-0.4, -0.2) is 33.7 Å². The van der Waals surface area contributed by atoms with Crippen LogP contribution in [0.5, 0.6) is 5.75 Å². The molecule has 0 bridgehead atoms. The fraction of sp³-hybridized carbons (Fsp3) is 0.381. The molecule has 1 atom stereocenters. The van der Waals surface area contributed by atoms with Gasteiger partial charge >= 0.3 is 0 Å². The average Bonchev–Trinajstić information content (AvgIpc) is 2.65. The van der Waals surface area contributed by atoms with E-state index in [0.29, 0.717) is 29.5 Å². The summed E-state index contributed by atoms with van der Waals surface area (Å²) in [6.07, 6.45) is 1.43. The summed E-state index contributed by atoms with van der Waals surface area (Å²) in [6.45, 7) is 5.98. The molecule has 0 aliphatic carbocycles. The molecule has 0 aliphatic rings. The van der Waals surface area contributed by atoms with Crippen molar-refractivity contribution in [1.82, 2.24) is 0 Å². The number of amides is 1. The van der Waals surface area contributed by atoms with E-state index >= 15 is 0 Å². The van der Waals surface area contributed by atoms with Gasteiger partial charge in [-0.25, -0.2) is 8.42 Å². The number of carbonyl (C=O) groups is 1. The van der Waals surface area contributed by atoms with Gasteiger partial charge in [0.1, 0.15) is 11.8 Å². The SMILES string of the molecule is CC[C@@H](C(=O)Nc1ccc(C(C)C)cc1)N(c1ccc(OC)cc1)S(C)(=O)=O. The van der Waals surface area contributed by atoms with Gasteiger partial charge < -0.3 is 10.1 Å². The predicted molar refractivity (Wildman–Crippen MR) is 114 cm³/mol. The van der Waals surface area contributed by atoms with Crippen molar-refractivity contribution in [3.8, 4) is 5.75 Å². The Labute approximate surface area is 167 Å². The van der Waals surface area contributed by atoms with Gasteiger partial charge in [0.25, 0.3) is 0 Å². The Morgan fingerprint density at radius 1 is 1.07 bits per heavy atom. The van der Waals surface area contributed by atoms with Gasteiger partial charge in [0.05, 0.1) is 19.1 Å². The van der Waals surface area contributed by atoms with Gasteiger partial charge in [0.2, 0.25) is 15.9 Å². The molecule has 2 aromatic carbocycles. The fourth-order valence-corrected chi connectivity index (χ4v) is 4.18. The van der Waals surface area contributed by atoms with Crippen LogP contribution in [0.1, 0.15) is 38.7 Å². The number of nitrogens with one attached hydrogen (secondary N) is 1. The maximum absolute atomic E-state index is 12.9. The molecule has 0 spiro atoms. The van der Waals surface area contributed by atoms with Crippen molar-refractivity contribution in [3.63, 3.8) is 0 Å². The highest BCUT2D eigenvalue weighted by Crippen LogP contribution is 2.26. The molecular weight excluding hydrogens is 376 g/mol. The minimum absolute atomic E-state index is 0.328.